The van der Waals surface area contributed by atoms with Gasteiger partial charge in [-0.15, -0.1) is 11.6 Å². The highest BCUT2D eigenvalue weighted by Gasteiger charge is 2.34. The van der Waals surface area contributed by atoms with Gasteiger partial charge in [0, 0.05) is 5.88 Å². The molecule has 0 amide bonds. The van der Waals surface area contributed by atoms with E-state index in [9.17, 15) is 13.2 Å². The molecule has 0 saturated carbocycles. The first kappa shape index (κ1) is 11.9. The summed E-state index contributed by atoms with van der Waals surface area (Å²) in [6.45, 7) is 1.53. The number of hydrogen-bond donors (Lipinski definition) is 0. The Kier molecular flexibility index (Phi) is 3.25. The molecule has 0 bridgehead atoms. The van der Waals surface area contributed by atoms with E-state index in [2.05, 4.69) is 0 Å². The van der Waals surface area contributed by atoms with Gasteiger partial charge in [0.25, 0.3) is 0 Å². The number of benzene rings is 1. The first-order valence-electron chi connectivity index (χ1n) is 4.07. The van der Waals surface area contributed by atoms with E-state index in [-0.39, 0.29) is 17.0 Å². The summed E-state index contributed by atoms with van der Waals surface area (Å²) in [6, 6.07) is 3.98. The molecule has 1 aromatic rings. The first-order valence-corrected chi connectivity index (χ1v) is 4.60. The maximum Gasteiger partial charge on any atom is 0.417 e. The Bertz CT molecular complexity index is 418. The topological polar surface area (TPSA) is 23.8 Å². The zero-order valence-corrected chi connectivity index (χ0v) is 8.58. The minimum Gasteiger partial charge on any atom is -0.192 e. The third-order valence-corrected chi connectivity index (χ3v) is 2.21. The van der Waals surface area contributed by atoms with Crippen LogP contribution in [0.15, 0.2) is 12.1 Å². The van der Waals surface area contributed by atoms with Gasteiger partial charge in [0.1, 0.15) is 6.07 Å². The van der Waals surface area contributed by atoms with E-state index < -0.39 is 11.7 Å². The van der Waals surface area contributed by atoms with E-state index in [0.717, 1.165) is 6.07 Å². The smallest absolute Gasteiger partial charge is 0.192 e. The summed E-state index contributed by atoms with van der Waals surface area (Å²) in [5.41, 5.74) is -0.646. The molecule has 0 radical (unpaired) electrons. The van der Waals surface area contributed by atoms with Crippen molar-refractivity contribution in [1.82, 2.24) is 0 Å². The average molecular weight is 234 g/mol. The SMILES string of the molecule is Cc1cc(CCl)c(C#N)c(C(F)(F)F)c1. The third-order valence-electron chi connectivity index (χ3n) is 1.93. The van der Waals surface area contributed by atoms with E-state index in [1.54, 1.807) is 6.07 Å². The summed E-state index contributed by atoms with van der Waals surface area (Å²) in [4.78, 5) is 0. The lowest BCUT2D eigenvalue weighted by atomic mass is 9.99. The summed E-state index contributed by atoms with van der Waals surface area (Å²) >= 11 is 5.49. The van der Waals surface area contributed by atoms with Crippen molar-refractivity contribution in [2.45, 2.75) is 19.0 Å². The molecule has 0 spiro atoms. The van der Waals surface area contributed by atoms with Gasteiger partial charge in [-0.05, 0) is 18.6 Å². The molecule has 15 heavy (non-hydrogen) atoms. The van der Waals surface area contributed by atoms with Gasteiger partial charge < -0.3 is 0 Å². The lowest BCUT2D eigenvalue weighted by Crippen LogP contribution is -2.10. The van der Waals surface area contributed by atoms with Gasteiger partial charge >= 0.3 is 6.18 Å². The number of aryl methyl sites for hydroxylation is 1. The molecule has 0 fully saturated rings. The minimum atomic E-state index is -4.52. The number of rotatable bonds is 1. The van der Waals surface area contributed by atoms with E-state index in [1.165, 1.54) is 13.0 Å². The Labute approximate surface area is 90.1 Å². The normalized spacial score (nSPS) is 11.2. The highest BCUT2D eigenvalue weighted by molar-refractivity contribution is 6.17. The highest BCUT2D eigenvalue weighted by Crippen LogP contribution is 2.34. The average Bonchev–Trinajstić information content (AvgIpc) is 2.15. The van der Waals surface area contributed by atoms with E-state index >= 15 is 0 Å². The van der Waals surface area contributed by atoms with Gasteiger partial charge in [0.2, 0.25) is 0 Å². The number of nitrogens with zero attached hydrogens (tertiary/aromatic N) is 1. The Morgan fingerprint density at radius 1 is 1.40 bits per heavy atom. The van der Waals surface area contributed by atoms with Crippen LogP contribution in [0.5, 0.6) is 0 Å². The summed E-state index contributed by atoms with van der Waals surface area (Å²) < 4.78 is 37.6. The molecule has 80 valence electrons. The zero-order valence-electron chi connectivity index (χ0n) is 7.82. The molecule has 0 heterocycles. The van der Waals surface area contributed by atoms with Crippen molar-refractivity contribution in [3.8, 4) is 6.07 Å². The van der Waals surface area contributed by atoms with E-state index in [4.69, 9.17) is 16.9 Å². The van der Waals surface area contributed by atoms with Crippen molar-refractivity contribution in [2.75, 3.05) is 0 Å². The van der Waals surface area contributed by atoms with Crippen LogP contribution in [0.4, 0.5) is 13.2 Å². The van der Waals surface area contributed by atoms with Crippen molar-refractivity contribution < 1.29 is 13.2 Å². The van der Waals surface area contributed by atoms with E-state index in [0.29, 0.717) is 5.56 Å². The van der Waals surface area contributed by atoms with E-state index in [1.807, 2.05) is 0 Å². The summed E-state index contributed by atoms with van der Waals surface area (Å²) in [7, 11) is 0. The molecule has 0 N–H and O–H groups in total. The minimum absolute atomic E-state index is 0.104. The summed E-state index contributed by atoms with van der Waals surface area (Å²) in [5.74, 6) is -0.104. The molecule has 0 saturated heterocycles. The summed E-state index contributed by atoms with van der Waals surface area (Å²) in [6.07, 6.45) is -4.52. The predicted octanol–water partition coefficient (Wildman–Crippen LogP) is 3.62. The fourth-order valence-corrected chi connectivity index (χ4v) is 1.53. The molecule has 0 aliphatic carbocycles. The van der Waals surface area contributed by atoms with Crippen molar-refractivity contribution >= 4 is 11.6 Å². The number of nitriles is 1. The van der Waals surface area contributed by atoms with Gasteiger partial charge in [-0.1, -0.05) is 11.6 Å². The number of hydrogen-bond acceptors (Lipinski definition) is 1. The van der Waals surface area contributed by atoms with Gasteiger partial charge in [0.05, 0.1) is 11.1 Å². The molecule has 0 aromatic heterocycles. The maximum atomic E-state index is 12.5. The van der Waals surface area contributed by atoms with Crippen molar-refractivity contribution in [1.29, 1.82) is 5.26 Å². The molecular weight excluding hydrogens is 227 g/mol. The molecule has 5 heteroatoms. The van der Waals surface area contributed by atoms with Crippen LogP contribution in [0.2, 0.25) is 0 Å². The standard InChI is InChI=1S/C10H7ClF3N/c1-6-2-7(4-11)8(5-15)9(3-6)10(12,13)14/h2-3H,4H2,1H3. The van der Waals surface area contributed by atoms with Gasteiger partial charge in [-0.2, -0.15) is 18.4 Å². The van der Waals surface area contributed by atoms with Crippen LogP contribution in [0, 0.1) is 18.3 Å². The fourth-order valence-electron chi connectivity index (χ4n) is 1.32. The molecule has 0 aliphatic heterocycles. The second-order valence-electron chi connectivity index (χ2n) is 3.09. The predicted molar refractivity (Wildman–Crippen MR) is 50.5 cm³/mol. The molecular formula is C10H7ClF3N. The van der Waals surface area contributed by atoms with Crippen LogP contribution >= 0.6 is 11.6 Å². The van der Waals surface area contributed by atoms with Crippen LogP contribution in [0.3, 0.4) is 0 Å². The molecule has 0 aliphatic rings. The Morgan fingerprint density at radius 2 is 2.00 bits per heavy atom. The second kappa shape index (κ2) is 4.11. The van der Waals surface area contributed by atoms with Crippen LogP contribution in [-0.4, -0.2) is 0 Å². The Hall–Kier alpha value is -1.21. The van der Waals surface area contributed by atoms with Gasteiger partial charge in [-0.3, -0.25) is 0 Å². The van der Waals surface area contributed by atoms with Gasteiger partial charge in [-0.25, -0.2) is 0 Å². The van der Waals surface area contributed by atoms with Crippen LogP contribution in [0.1, 0.15) is 22.3 Å². The fraction of sp³-hybridized carbons (Fsp3) is 0.300. The molecule has 0 unspecified atom stereocenters. The molecule has 1 nitrogen and oxygen atoms in total. The van der Waals surface area contributed by atoms with Crippen molar-refractivity contribution in [2.24, 2.45) is 0 Å². The largest absolute Gasteiger partial charge is 0.417 e. The number of halogens is 4. The van der Waals surface area contributed by atoms with Gasteiger partial charge in [0.15, 0.2) is 0 Å². The lowest BCUT2D eigenvalue weighted by Gasteiger charge is -2.12. The monoisotopic (exact) mass is 233 g/mol. The number of alkyl halides is 4. The molecule has 0 atom stereocenters. The van der Waals surface area contributed by atoms with Crippen molar-refractivity contribution in [3.63, 3.8) is 0 Å². The second-order valence-corrected chi connectivity index (χ2v) is 3.36. The zero-order chi connectivity index (χ0) is 11.6. The van der Waals surface area contributed by atoms with Crippen LogP contribution < -0.4 is 0 Å². The first-order chi connectivity index (χ1) is 6.90. The van der Waals surface area contributed by atoms with Crippen LogP contribution in [0.25, 0.3) is 0 Å². The maximum absolute atomic E-state index is 12.5. The third kappa shape index (κ3) is 2.42. The Balaban J connectivity index is 3.51. The quantitative estimate of drug-likeness (QED) is 0.680. The van der Waals surface area contributed by atoms with Crippen molar-refractivity contribution in [3.05, 3.63) is 34.4 Å². The Morgan fingerprint density at radius 3 is 2.40 bits per heavy atom. The summed E-state index contributed by atoms with van der Waals surface area (Å²) in [5, 5.41) is 8.68. The molecule has 1 rings (SSSR count). The lowest BCUT2D eigenvalue weighted by molar-refractivity contribution is -0.137. The highest BCUT2D eigenvalue weighted by atomic mass is 35.5. The molecule has 1 aromatic carbocycles. The van der Waals surface area contributed by atoms with Crippen LogP contribution in [-0.2, 0) is 12.1 Å².